The Labute approximate surface area is 73.4 Å². The van der Waals surface area contributed by atoms with Crippen LogP contribution in [0.1, 0.15) is 26.7 Å². The molecule has 1 heterocycles. The van der Waals surface area contributed by atoms with Crippen LogP contribution in [-0.2, 0) is 4.74 Å². The predicted molar refractivity (Wildman–Crippen MR) is 48.3 cm³/mol. The van der Waals surface area contributed by atoms with Crippen LogP contribution < -0.4 is 0 Å². The lowest BCUT2D eigenvalue weighted by Crippen LogP contribution is -2.28. The largest absolute Gasteiger partial charge is 0.463 e. The van der Waals surface area contributed by atoms with E-state index in [1.165, 1.54) is 12.8 Å². The predicted octanol–water partition coefficient (Wildman–Crippen LogP) is 1.25. The number of hydrogen-bond donors (Lipinski definition) is 0. The second-order valence-corrected chi connectivity index (χ2v) is 3.78. The van der Waals surface area contributed by atoms with Crippen LogP contribution in [0.4, 0.5) is 0 Å². The Morgan fingerprint density at radius 3 is 2.83 bits per heavy atom. The summed E-state index contributed by atoms with van der Waals surface area (Å²) in [4.78, 5) is 6.74. The number of hydrogen-bond acceptors (Lipinski definition) is 2. The number of aliphatic imine (C=N–C) groups is 1. The summed E-state index contributed by atoms with van der Waals surface area (Å²) in [6.07, 6.45) is 2.64. The molecule has 0 amide bonds. The van der Waals surface area contributed by atoms with Gasteiger partial charge in [0.2, 0.25) is 0 Å². The van der Waals surface area contributed by atoms with Crippen LogP contribution in [0.2, 0.25) is 0 Å². The molecule has 0 N–H and O–H groups in total. The van der Waals surface area contributed by atoms with E-state index < -0.39 is 0 Å². The van der Waals surface area contributed by atoms with Crippen LogP contribution in [-0.4, -0.2) is 36.2 Å². The summed E-state index contributed by atoms with van der Waals surface area (Å²) in [7, 11) is 0. The van der Waals surface area contributed by atoms with Crippen LogP contribution in [0.25, 0.3) is 0 Å². The number of amidine groups is 1. The first-order valence-electron chi connectivity index (χ1n) is 4.74. The van der Waals surface area contributed by atoms with E-state index in [9.17, 15) is 0 Å². The fourth-order valence-electron chi connectivity index (χ4n) is 1.47. The van der Waals surface area contributed by atoms with Gasteiger partial charge in [-0.1, -0.05) is 0 Å². The van der Waals surface area contributed by atoms with Crippen molar-refractivity contribution in [1.29, 1.82) is 0 Å². The zero-order chi connectivity index (χ0) is 8.55. The molecule has 1 aliphatic carbocycles. The fraction of sp³-hybridized carbons (Fsp3) is 0.889. The SMILES string of the molecule is CC(C)/N=C1\OCCN1C1CC1. The molecule has 1 saturated carbocycles. The smallest absolute Gasteiger partial charge is 0.287 e. The number of nitrogens with zero attached hydrogens (tertiary/aromatic N) is 2. The van der Waals surface area contributed by atoms with Crippen LogP contribution in [0.3, 0.4) is 0 Å². The van der Waals surface area contributed by atoms with Gasteiger partial charge in [0.05, 0.1) is 6.54 Å². The van der Waals surface area contributed by atoms with Crippen molar-refractivity contribution < 1.29 is 4.74 Å². The molecule has 3 heteroatoms. The Kier molecular flexibility index (Phi) is 1.95. The van der Waals surface area contributed by atoms with Gasteiger partial charge in [0.1, 0.15) is 6.61 Å². The summed E-state index contributed by atoms with van der Waals surface area (Å²) in [6.45, 7) is 6.03. The Hall–Kier alpha value is -0.730. The maximum Gasteiger partial charge on any atom is 0.287 e. The summed E-state index contributed by atoms with van der Waals surface area (Å²) in [6, 6.07) is 1.97. The van der Waals surface area contributed by atoms with Crippen molar-refractivity contribution >= 4 is 6.02 Å². The minimum atomic E-state index is 0.347. The second-order valence-electron chi connectivity index (χ2n) is 3.78. The number of rotatable bonds is 2. The van der Waals surface area contributed by atoms with Crippen molar-refractivity contribution in [3.63, 3.8) is 0 Å². The van der Waals surface area contributed by atoms with Crippen molar-refractivity contribution in [2.24, 2.45) is 4.99 Å². The molecular formula is C9H16N2O. The third-order valence-electron chi connectivity index (χ3n) is 2.17. The Morgan fingerprint density at radius 1 is 1.50 bits per heavy atom. The molecule has 0 atom stereocenters. The Balaban J connectivity index is 2.02. The van der Waals surface area contributed by atoms with Gasteiger partial charge in [-0.15, -0.1) is 0 Å². The highest BCUT2D eigenvalue weighted by molar-refractivity contribution is 5.76. The monoisotopic (exact) mass is 168 g/mol. The van der Waals surface area contributed by atoms with Gasteiger partial charge >= 0.3 is 0 Å². The highest BCUT2D eigenvalue weighted by Crippen LogP contribution is 2.29. The van der Waals surface area contributed by atoms with Gasteiger partial charge in [0.25, 0.3) is 6.02 Å². The first kappa shape index (κ1) is 7.90. The van der Waals surface area contributed by atoms with E-state index in [1.807, 2.05) is 0 Å². The fourth-order valence-corrected chi connectivity index (χ4v) is 1.47. The lowest BCUT2D eigenvalue weighted by molar-refractivity contribution is 0.348. The minimum absolute atomic E-state index is 0.347. The molecule has 0 spiro atoms. The molecule has 0 radical (unpaired) electrons. The summed E-state index contributed by atoms with van der Waals surface area (Å²) < 4.78 is 5.45. The zero-order valence-electron chi connectivity index (χ0n) is 7.79. The van der Waals surface area contributed by atoms with Crippen molar-refractivity contribution in [3.05, 3.63) is 0 Å². The molecule has 0 bridgehead atoms. The highest BCUT2D eigenvalue weighted by Gasteiger charge is 2.35. The summed E-state index contributed by atoms with van der Waals surface area (Å²) >= 11 is 0. The van der Waals surface area contributed by atoms with Gasteiger partial charge in [0, 0.05) is 12.1 Å². The molecule has 1 saturated heterocycles. The third-order valence-corrected chi connectivity index (χ3v) is 2.17. The lowest BCUT2D eigenvalue weighted by Gasteiger charge is -2.14. The first-order valence-corrected chi connectivity index (χ1v) is 4.74. The molecule has 0 aromatic carbocycles. The first-order chi connectivity index (χ1) is 5.77. The van der Waals surface area contributed by atoms with E-state index in [0.29, 0.717) is 6.04 Å². The van der Waals surface area contributed by atoms with E-state index in [-0.39, 0.29) is 0 Å². The highest BCUT2D eigenvalue weighted by atomic mass is 16.5. The molecule has 2 aliphatic rings. The van der Waals surface area contributed by atoms with E-state index in [2.05, 4.69) is 23.7 Å². The molecule has 2 fully saturated rings. The van der Waals surface area contributed by atoms with Crippen molar-refractivity contribution in [1.82, 2.24) is 4.90 Å². The molecule has 12 heavy (non-hydrogen) atoms. The van der Waals surface area contributed by atoms with Gasteiger partial charge in [-0.3, -0.25) is 0 Å². The molecule has 1 aliphatic heterocycles. The van der Waals surface area contributed by atoms with E-state index in [1.54, 1.807) is 0 Å². The molecule has 3 nitrogen and oxygen atoms in total. The maximum absolute atomic E-state index is 5.45. The summed E-state index contributed by atoms with van der Waals surface area (Å²) in [5, 5.41) is 0. The van der Waals surface area contributed by atoms with E-state index in [4.69, 9.17) is 4.74 Å². The van der Waals surface area contributed by atoms with Crippen LogP contribution in [0, 0.1) is 0 Å². The molecule has 2 rings (SSSR count). The minimum Gasteiger partial charge on any atom is -0.463 e. The van der Waals surface area contributed by atoms with Gasteiger partial charge in [-0.25, -0.2) is 4.99 Å². The molecule has 0 aromatic heterocycles. The topological polar surface area (TPSA) is 24.8 Å². The van der Waals surface area contributed by atoms with Gasteiger partial charge in [-0.2, -0.15) is 0 Å². The van der Waals surface area contributed by atoms with Gasteiger partial charge in [-0.05, 0) is 26.7 Å². The van der Waals surface area contributed by atoms with Gasteiger partial charge < -0.3 is 9.64 Å². The number of ether oxygens (including phenoxy) is 1. The van der Waals surface area contributed by atoms with Crippen LogP contribution >= 0.6 is 0 Å². The summed E-state index contributed by atoms with van der Waals surface area (Å²) in [5.41, 5.74) is 0. The van der Waals surface area contributed by atoms with E-state index in [0.717, 1.165) is 25.2 Å². The Bertz CT molecular complexity index is 197. The van der Waals surface area contributed by atoms with Crippen molar-refractivity contribution in [3.8, 4) is 0 Å². The second kappa shape index (κ2) is 2.96. The van der Waals surface area contributed by atoms with Crippen LogP contribution in [0.15, 0.2) is 4.99 Å². The van der Waals surface area contributed by atoms with Crippen molar-refractivity contribution in [2.45, 2.75) is 38.8 Å². The average molecular weight is 168 g/mol. The third kappa shape index (κ3) is 1.54. The molecule has 0 unspecified atom stereocenters. The van der Waals surface area contributed by atoms with Gasteiger partial charge in [0.15, 0.2) is 0 Å². The quantitative estimate of drug-likeness (QED) is 0.620. The maximum atomic E-state index is 5.45. The standard InChI is InChI=1S/C9H16N2O/c1-7(2)10-9-11(5-6-12-9)8-3-4-8/h7-8H,3-6H2,1-2H3/b10-9-. The zero-order valence-corrected chi connectivity index (χ0v) is 7.79. The average Bonchev–Trinajstić information content (AvgIpc) is 2.73. The van der Waals surface area contributed by atoms with Crippen molar-refractivity contribution in [2.75, 3.05) is 13.2 Å². The molecular weight excluding hydrogens is 152 g/mol. The molecule has 68 valence electrons. The Morgan fingerprint density at radius 2 is 2.25 bits per heavy atom. The molecule has 0 aromatic rings. The normalized spacial score (nSPS) is 26.9. The van der Waals surface area contributed by atoms with Crippen LogP contribution in [0.5, 0.6) is 0 Å². The summed E-state index contributed by atoms with van der Waals surface area (Å²) in [5.74, 6) is 0. The van der Waals surface area contributed by atoms with E-state index >= 15 is 0 Å². The lowest BCUT2D eigenvalue weighted by atomic mass is 10.4.